The number of nitrogens with one attached hydrogen (secondary N) is 1. The quantitative estimate of drug-likeness (QED) is 0.925. The van der Waals surface area contributed by atoms with Crippen LogP contribution in [0, 0.1) is 17.1 Å². The third kappa shape index (κ3) is 3.20. The van der Waals surface area contributed by atoms with Crippen molar-refractivity contribution in [3.8, 4) is 6.07 Å². The molecule has 5 heteroatoms. The minimum Gasteiger partial charge on any atom is -0.320 e. The van der Waals surface area contributed by atoms with E-state index in [0.717, 1.165) is 17.7 Å². The fourth-order valence-corrected chi connectivity index (χ4v) is 3.05. The normalized spacial score (nSPS) is 18.6. The Balaban J connectivity index is 2.37. The largest absolute Gasteiger partial charge is 0.320 e. The Morgan fingerprint density at radius 3 is 2.75 bits per heavy atom. The molecular weight excluding hydrogens is 275 g/mol. The van der Waals surface area contributed by atoms with Crippen LogP contribution in [0.3, 0.4) is 0 Å². The van der Waals surface area contributed by atoms with Gasteiger partial charge in [0.1, 0.15) is 5.82 Å². The van der Waals surface area contributed by atoms with Gasteiger partial charge in [-0.2, -0.15) is 5.26 Å². The Bertz CT molecular complexity index is 575. The molecular formula is C15H15FN2OS. The van der Waals surface area contributed by atoms with Crippen LogP contribution in [0.1, 0.15) is 31.2 Å². The molecule has 3 nitrogen and oxygen atoms in total. The van der Waals surface area contributed by atoms with Crippen LogP contribution >= 0.6 is 11.8 Å². The number of carbonyl (C=O) groups is 1. The number of hydrogen-bond acceptors (Lipinski definition) is 3. The highest BCUT2D eigenvalue weighted by molar-refractivity contribution is 8.03. The summed E-state index contributed by atoms with van der Waals surface area (Å²) in [5.41, 5.74) is 1.36. The molecule has 0 aliphatic carbocycles. The van der Waals surface area contributed by atoms with Crippen LogP contribution in [-0.2, 0) is 4.79 Å². The van der Waals surface area contributed by atoms with Gasteiger partial charge in [0.25, 0.3) is 0 Å². The minimum absolute atomic E-state index is 0.100. The predicted octanol–water partition coefficient (Wildman–Crippen LogP) is 3.31. The molecule has 0 spiro atoms. The van der Waals surface area contributed by atoms with Crippen LogP contribution in [0.4, 0.5) is 4.39 Å². The highest BCUT2D eigenvalue weighted by Crippen LogP contribution is 2.35. The molecule has 1 heterocycles. The highest BCUT2D eigenvalue weighted by atomic mass is 32.2. The van der Waals surface area contributed by atoms with Crippen molar-refractivity contribution < 1.29 is 9.18 Å². The van der Waals surface area contributed by atoms with E-state index in [0.29, 0.717) is 10.6 Å². The van der Waals surface area contributed by atoms with E-state index in [1.54, 1.807) is 12.1 Å². The fraction of sp³-hybridized carbons (Fsp3) is 0.333. The maximum absolute atomic E-state index is 13.0. The second-order valence-electron chi connectivity index (χ2n) is 4.56. The SMILES string of the molecule is CCCSC1=C(C#N)[C@H](c2ccc(F)cc2)CC(=O)N1. The lowest BCUT2D eigenvalue weighted by atomic mass is 9.87. The Labute approximate surface area is 121 Å². The molecule has 0 saturated heterocycles. The van der Waals surface area contributed by atoms with E-state index in [1.165, 1.54) is 23.9 Å². The molecule has 20 heavy (non-hydrogen) atoms. The summed E-state index contributed by atoms with van der Waals surface area (Å²) in [6.45, 7) is 2.04. The second-order valence-corrected chi connectivity index (χ2v) is 5.66. The molecule has 1 N–H and O–H groups in total. The molecule has 1 amide bonds. The first-order valence-corrected chi connectivity index (χ1v) is 7.46. The zero-order chi connectivity index (χ0) is 14.5. The predicted molar refractivity (Wildman–Crippen MR) is 77.3 cm³/mol. The van der Waals surface area contributed by atoms with E-state index >= 15 is 0 Å². The highest BCUT2D eigenvalue weighted by Gasteiger charge is 2.29. The van der Waals surface area contributed by atoms with Crippen molar-refractivity contribution in [3.63, 3.8) is 0 Å². The average molecular weight is 290 g/mol. The lowest BCUT2D eigenvalue weighted by molar-refractivity contribution is -0.120. The van der Waals surface area contributed by atoms with E-state index in [9.17, 15) is 14.4 Å². The van der Waals surface area contributed by atoms with E-state index in [1.807, 2.05) is 6.92 Å². The number of nitriles is 1. The van der Waals surface area contributed by atoms with Crippen molar-refractivity contribution in [1.82, 2.24) is 5.32 Å². The lowest BCUT2D eigenvalue weighted by Crippen LogP contribution is -2.30. The van der Waals surface area contributed by atoms with E-state index in [-0.39, 0.29) is 24.1 Å². The number of benzene rings is 1. The molecule has 0 fully saturated rings. The number of allylic oxidation sites excluding steroid dienone is 1. The third-order valence-corrected chi connectivity index (χ3v) is 4.30. The van der Waals surface area contributed by atoms with Gasteiger partial charge in [0.2, 0.25) is 5.91 Å². The van der Waals surface area contributed by atoms with Crippen LogP contribution in [0.25, 0.3) is 0 Å². The number of nitrogens with zero attached hydrogens (tertiary/aromatic N) is 1. The van der Waals surface area contributed by atoms with Crippen molar-refractivity contribution >= 4 is 17.7 Å². The van der Waals surface area contributed by atoms with Crippen molar-refractivity contribution in [3.05, 3.63) is 46.2 Å². The van der Waals surface area contributed by atoms with Gasteiger partial charge in [0.05, 0.1) is 16.7 Å². The third-order valence-electron chi connectivity index (χ3n) is 3.08. The van der Waals surface area contributed by atoms with Crippen molar-refractivity contribution in [2.24, 2.45) is 0 Å². The van der Waals surface area contributed by atoms with Gasteiger partial charge in [0.15, 0.2) is 0 Å². The summed E-state index contributed by atoms with van der Waals surface area (Å²) in [7, 11) is 0. The van der Waals surface area contributed by atoms with Gasteiger partial charge in [0, 0.05) is 12.3 Å². The van der Waals surface area contributed by atoms with Crippen LogP contribution in [-0.4, -0.2) is 11.7 Å². The average Bonchev–Trinajstić information content (AvgIpc) is 2.45. The Morgan fingerprint density at radius 1 is 1.45 bits per heavy atom. The molecule has 1 aromatic carbocycles. The maximum Gasteiger partial charge on any atom is 0.225 e. The van der Waals surface area contributed by atoms with Crippen LogP contribution in [0.15, 0.2) is 34.9 Å². The smallest absolute Gasteiger partial charge is 0.225 e. The van der Waals surface area contributed by atoms with Crippen LogP contribution < -0.4 is 5.32 Å². The first-order chi connectivity index (χ1) is 9.65. The molecule has 0 bridgehead atoms. The first kappa shape index (κ1) is 14.6. The van der Waals surface area contributed by atoms with Crippen molar-refractivity contribution in [2.75, 3.05) is 5.75 Å². The zero-order valence-corrected chi connectivity index (χ0v) is 12.0. The summed E-state index contributed by atoms with van der Waals surface area (Å²) >= 11 is 1.49. The first-order valence-electron chi connectivity index (χ1n) is 6.48. The zero-order valence-electron chi connectivity index (χ0n) is 11.1. The summed E-state index contributed by atoms with van der Waals surface area (Å²) in [5.74, 6) is 0.138. The van der Waals surface area contributed by atoms with E-state index in [2.05, 4.69) is 11.4 Å². The number of amides is 1. The van der Waals surface area contributed by atoms with Crippen molar-refractivity contribution in [2.45, 2.75) is 25.7 Å². The fourth-order valence-electron chi connectivity index (χ4n) is 2.12. The summed E-state index contributed by atoms with van der Waals surface area (Å²) in [6.07, 6.45) is 1.19. The number of carbonyl (C=O) groups excluding carboxylic acids is 1. The molecule has 104 valence electrons. The number of thioether (sulfide) groups is 1. The summed E-state index contributed by atoms with van der Waals surface area (Å²) in [5, 5.41) is 12.8. The van der Waals surface area contributed by atoms with Gasteiger partial charge < -0.3 is 5.32 Å². The standard InChI is InChI=1S/C15H15FN2OS/c1-2-7-20-15-13(9-17)12(8-14(19)18-15)10-3-5-11(16)6-4-10/h3-6,12H,2,7-8H2,1H3,(H,18,19)/t12-/m0/s1. The summed E-state index contributed by atoms with van der Waals surface area (Å²) < 4.78 is 13.0. The van der Waals surface area contributed by atoms with Gasteiger partial charge in [-0.25, -0.2) is 4.39 Å². The maximum atomic E-state index is 13.0. The monoisotopic (exact) mass is 290 g/mol. The van der Waals surface area contributed by atoms with E-state index < -0.39 is 0 Å². The Hall–Kier alpha value is -1.80. The van der Waals surface area contributed by atoms with Gasteiger partial charge in [-0.1, -0.05) is 19.1 Å². The van der Waals surface area contributed by atoms with E-state index in [4.69, 9.17) is 0 Å². The molecule has 0 unspecified atom stereocenters. The van der Waals surface area contributed by atoms with Crippen molar-refractivity contribution in [1.29, 1.82) is 5.26 Å². The molecule has 0 saturated carbocycles. The van der Waals surface area contributed by atoms with Gasteiger partial charge in [-0.15, -0.1) is 11.8 Å². The molecule has 2 rings (SSSR count). The minimum atomic E-state index is -0.322. The van der Waals surface area contributed by atoms with Crippen LogP contribution in [0.2, 0.25) is 0 Å². The second kappa shape index (κ2) is 6.58. The van der Waals surface area contributed by atoms with Gasteiger partial charge in [-0.3, -0.25) is 4.79 Å². The van der Waals surface area contributed by atoms with Gasteiger partial charge in [-0.05, 0) is 29.9 Å². The number of rotatable bonds is 4. The number of hydrogen-bond donors (Lipinski definition) is 1. The topological polar surface area (TPSA) is 52.9 Å². The molecule has 0 radical (unpaired) electrons. The molecule has 1 aromatic rings. The van der Waals surface area contributed by atoms with Crippen LogP contribution in [0.5, 0.6) is 0 Å². The molecule has 1 aliphatic heterocycles. The number of halogens is 1. The Kier molecular flexibility index (Phi) is 4.80. The molecule has 1 atom stereocenters. The summed E-state index contributed by atoms with van der Waals surface area (Å²) in [6, 6.07) is 8.18. The Morgan fingerprint density at radius 2 is 2.15 bits per heavy atom. The lowest BCUT2D eigenvalue weighted by Gasteiger charge is -2.25. The summed E-state index contributed by atoms with van der Waals surface area (Å²) in [4.78, 5) is 11.8. The van der Waals surface area contributed by atoms with Gasteiger partial charge >= 0.3 is 0 Å². The molecule has 1 aliphatic rings. The molecule has 0 aromatic heterocycles.